The molecule has 0 bridgehead atoms. The predicted molar refractivity (Wildman–Crippen MR) is 60.3 cm³/mol. The van der Waals surface area contributed by atoms with Gasteiger partial charge in [-0.15, -0.1) is 0 Å². The molecule has 1 atom stereocenters. The number of halogens is 1. The summed E-state index contributed by atoms with van der Waals surface area (Å²) >= 11 is 6.07. The van der Waals surface area contributed by atoms with Crippen LogP contribution in [0.25, 0.3) is 0 Å². The first kappa shape index (κ1) is 11.2. The zero-order chi connectivity index (χ0) is 11.7. The Morgan fingerprint density at radius 2 is 2.38 bits per heavy atom. The van der Waals surface area contributed by atoms with Crippen LogP contribution >= 0.6 is 11.6 Å². The fourth-order valence-corrected chi connectivity index (χ4v) is 2.06. The molecule has 5 heteroatoms. The van der Waals surface area contributed by atoms with Crippen molar-refractivity contribution in [2.75, 3.05) is 0 Å². The Morgan fingerprint density at radius 1 is 1.62 bits per heavy atom. The SMILES string of the molecule is Cc1nn(C)c(Cl)c1C(O)Cc1ccoc1. The molecule has 0 aliphatic rings. The van der Waals surface area contributed by atoms with Gasteiger partial charge in [0.1, 0.15) is 5.15 Å². The van der Waals surface area contributed by atoms with Gasteiger partial charge in [-0.2, -0.15) is 5.10 Å². The van der Waals surface area contributed by atoms with E-state index in [0.29, 0.717) is 17.1 Å². The molecule has 2 aromatic heterocycles. The molecule has 0 amide bonds. The molecular weight excluding hydrogens is 228 g/mol. The van der Waals surface area contributed by atoms with Gasteiger partial charge < -0.3 is 9.52 Å². The Balaban J connectivity index is 2.24. The third-order valence-corrected chi connectivity index (χ3v) is 2.99. The maximum atomic E-state index is 10.1. The van der Waals surface area contributed by atoms with Gasteiger partial charge in [-0.25, -0.2) is 0 Å². The lowest BCUT2D eigenvalue weighted by Crippen LogP contribution is -2.02. The fraction of sp³-hybridized carbons (Fsp3) is 0.364. The topological polar surface area (TPSA) is 51.2 Å². The molecule has 0 fully saturated rings. The molecule has 4 nitrogen and oxygen atoms in total. The Kier molecular flexibility index (Phi) is 3.03. The van der Waals surface area contributed by atoms with Crippen molar-refractivity contribution in [3.05, 3.63) is 40.6 Å². The molecule has 86 valence electrons. The maximum Gasteiger partial charge on any atom is 0.132 e. The average Bonchev–Trinajstić information content (AvgIpc) is 2.77. The minimum absolute atomic E-state index is 0.475. The van der Waals surface area contributed by atoms with Crippen molar-refractivity contribution in [1.29, 1.82) is 0 Å². The molecular formula is C11H13ClN2O2. The van der Waals surface area contributed by atoms with Gasteiger partial charge in [-0.3, -0.25) is 4.68 Å². The summed E-state index contributed by atoms with van der Waals surface area (Å²) in [5.41, 5.74) is 2.38. The number of rotatable bonds is 3. The van der Waals surface area contributed by atoms with Gasteiger partial charge >= 0.3 is 0 Å². The zero-order valence-corrected chi connectivity index (χ0v) is 9.90. The molecule has 0 spiro atoms. The highest BCUT2D eigenvalue weighted by molar-refractivity contribution is 6.30. The summed E-state index contributed by atoms with van der Waals surface area (Å²) in [6, 6.07) is 1.82. The van der Waals surface area contributed by atoms with Gasteiger partial charge in [0.05, 0.1) is 24.3 Å². The number of aryl methyl sites for hydroxylation is 2. The van der Waals surface area contributed by atoms with Gasteiger partial charge in [0.25, 0.3) is 0 Å². The molecule has 2 aromatic rings. The standard InChI is InChI=1S/C11H13ClN2O2/c1-7-10(11(12)14(2)13-7)9(15)5-8-3-4-16-6-8/h3-4,6,9,15H,5H2,1-2H3. The number of hydrogen-bond donors (Lipinski definition) is 1. The van der Waals surface area contributed by atoms with E-state index in [1.165, 1.54) is 0 Å². The summed E-state index contributed by atoms with van der Waals surface area (Å²) in [6.07, 6.45) is 3.02. The largest absolute Gasteiger partial charge is 0.472 e. The monoisotopic (exact) mass is 240 g/mol. The highest BCUT2D eigenvalue weighted by Gasteiger charge is 2.19. The maximum absolute atomic E-state index is 10.1. The fourth-order valence-electron chi connectivity index (χ4n) is 1.76. The van der Waals surface area contributed by atoms with E-state index in [-0.39, 0.29) is 0 Å². The highest BCUT2D eigenvalue weighted by Crippen LogP contribution is 2.28. The molecule has 1 unspecified atom stereocenters. The number of hydrogen-bond acceptors (Lipinski definition) is 3. The molecule has 16 heavy (non-hydrogen) atoms. The van der Waals surface area contributed by atoms with Crippen molar-refractivity contribution in [3.8, 4) is 0 Å². The first-order valence-electron chi connectivity index (χ1n) is 4.97. The van der Waals surface area contributed by atoms with Crippen LogP contribution in [0.2, 0.25) is 5.15 Å². The van der Waals surface area contributed by atoms with E-state index in [2.05, 4.69) is 5.10 Å². The Morgan fingerprint density at radius 3 is 2.88 bits per heavy atom. The molecule has 2 rings (SSSR count). The van der Waals surface area contributed by atoms with Crippen LogP contribution in [0.1, 0.15) is 22.9 Å². The van der Waals surface area contributed by atoms with Crippen LogP contribution in [-0.2, 0) is 13.5 Å². The Labute approximate surface area is 98.4 Å². The Bertz CT molecular complexity index is 476. The number of nitrogens with zero attached hydrogens (tertiary/aromatic N) is 2. The summed E-state index contributed by atoms with van der Waals surface area (Å²) in [6.45, 7) is 1.83. The number of aliphatic hydroxyl groups excluding tert-OH is 1. The van der Waals surface area contributed by atoms with Crippen molar-refractivity contribution >= 4 is 11.6 Å². The first-order chi connectivity index (χ1) is 7.59. The van der Waals surface area contributed by atoms with E-state index in [4.69, 9.17) is 16.0 Å². The number of aromatic nitrogens is 2. The molecule has 0 saturated heterocycles. The van der Waals surface area contributed by atoms with Crippen molar-refractivity contribution < 1.29 is 9.52 Å². The van der Waals surface area contributed by atoms with E-state index in [1.54, 1.807) is 24.3 Å². The second-order valence-electron chi connectivity index (χ2n) is 3.77. The van der Waals surface area contributed by atoms with Crippen LogP contribution in [-0.4, -0.2) is 14.9 Å². The third kappa shape index (κ3) is 1.99. The molecule has 0 aliphatic heterocycles. The van der Waals surface area contributed by atoms with Gasteiger partial charge in [0.15, 0.2) is 0 Å². The summed E-state index contributed by atoms with van der Waals surface area (Å²) in [5, 5.41) is 14.7. The van der Waals surface area contributed by atoms with Crippen molar-refractivity contribution in [3.63, 3.8) is 0 Å². The highest BCUT2D eigenvalue weighted by atomic mass is 35.5. The van der Waals surface area contributed by atoms with E-state index < -0.39 is 6.10 Å². The van der Waals surface area contributed by atoms with Crippen molar-refractivity contribution in [2.24, 2.45) is 7.05 Å². The second kappa shape index (κ2) is 4.31. The normalized spacial score (nSPS) is 13.0. The summed E-state index contributed by atoms with van der Waals surface area (Å²) in [7, 11) is 1.75. The zero-order valence-electron chi connectivity index (χ0n) is 9.14. The second-order valence-corrected chi connectivity index (χ2v) is 4.12. The first-order valence-corrected chi connectivity index (χ1v) is 5.35. The lowest BCUT2D eigenvalue weighted by molar-refractivity contribution is 0.177. The summed E-state index contributed by atoms with van der Waals surface area (Å²) in [4.78, 5) is 0. The van der Waals surface area contributed by atoms with Gasteiger partial charge in [0, 0.05) is 19.0 Å². The van der Waals surface area contributed by atoms with Crippen molar-refractivity contribution in [1.82, 2.24) is 9.78 Å². The van der Waals surface area contributed by atoms with Crippen LogP contribution in [0.5, 0.6) is 0 Å². The van der Waals surface area contributed by atoms with Crippen LogP contribution in [0.4, 0.5) is 0 Å². The molecule has 2 heterocycles. The van der Waals surface area contributed by atoms with Crippen LogP contribution < -0.4 is 0 Å². The minimum atomic E-state index is -0.654. The lowest BCUT2D eigenvalue weighted by atomic mass is 10.0. The van der Waals surface area contributed by atoms with E-state index in [0.717, 1.165) is 11.3 Å². The van der Waals surface area contributed by atoms with E-state index >= 15 is 0 Å². The number of aliphatic hydroxyl groups is 1. The molecule has 1 N–H and O–H groups in total. The van der Waals surface area contributed by atoms with Gasteiger partial charge in [0.2, 0.25) is 0 Å². The predicted octanol–water partition coefficient (Wildman–Crippen LogP) is 2.25. The van der Waals surface area contributed by atoms with Crippen LogP contribution in [0.15, 0.2) is 23.0 Å². The third-order valence-electron chi connectivity index (χ3n) is 2.54. The summed E-state index contributed by atoms with van der Waals surface area (Å²) < 4.78 is 6.51. The van der Waals surface area contributed by atoms with Gasteiger partial charge in [-0.05, 0) is 18.6 Å². The van der Waals surface area contributed by atoms with E-state index in [1.807, 2.05) is 13.0 Å². The van der Waals surface area contributed by atoms with Crippen LogP contribution in [0, 0.1) is 6.92 Å². The smallest absolute Gasteiger partial charge is 0.132 e. The average molecular weight is 241 g/mol. The minimum Gasteiger partial charge on any atom is -0.472 e. The lowest BCUT2D eigenvalue weighted by Gasteiger charge is -2.08. The number of furan rings is 1. The molecule has 0 saturated carbocycles. The molecule has 0 aliphatic carbocycles. The van der Waals surface area contributed by atoms with E-state index in [9.17, 15) is 5.11 Å². The van der Waals surface area contributed by atoms with Gasteiger partial charge in [-0.1, -0.05) is 11.6 Å². The van der Waals surface area contributed by atoms with Crippen LogP contribution in [0.3, 0.4) is 0 Å². The molecule has 0 radical (unpaired) electrons. The summed E-state index contributed by atoms with van der Waals surface area (Å²) in [5.74, 6) is 0. The molecule has 0 aromatic carbocycles. The Hall–Kier alpha value is -1.26. The van der Waals surface area contributed by atoms with Crippen molar-refractivity contribution in [2.45, 2.75) is 19.4 Å². The quantitative estimate of drug-likeness (QED) is 0.895.